The second kappa shape index (κ2) is 6.83. The first kappa shape index (κ1) is 16.2. The van der Waals surface area contributed by atoms with Crippen LogP contribution in [0.1, 0.15) is 56.0 Å². The van der Waals surface area contributed by atoms with Gasteiger partial charge in [-0.2, -0.15) is 0 Å². The first-order valence-electron chi connectivity index (χ1n) is 8.31. The second-order valence-corrected chi connectivity index (χ2v) is 7.13. The van der Waals surface area contributed by atoms with Crippen LogP contribution in [0.15, 0.2) is 11.1 Å². The SMILES string of the molecule is CCCCOC(=O)[C@H](C)n1cnc2sc3c(c2c1=O)CCCC3. The summed E-state index contributed by atoms with van der Waals surface area (Å²) in [6, 6.07) is -0.643. The minimum atomic E-state index is -0.643. The molecule has 0 fully saturated rings. The third kappa shape index (κ3) is 3.04. The Balaban J connectivity index is 1.94. The molecule has 0 N–H and O–H groups in total. The van der Waals surface area contributed by atoms with Gasteiger partial charge < -0.3 is 4.74 Å². The predicted molar refractivity (Wildman–Crippen MR) is 91.1 cm³/mol. The number of ether oxygens (including phenoxy) is 1. The van der Waals surface area contributed by atoms with Crippen molar-refractivity contribution in [3.63, 3.8) is 0 Å². The van der Waals surface area contributed by atoms with Crippen LogP contribution >= 0.6 is 11.3 Å². The summed E-state index contributed by atoms with van der Waals surface area (Å²) in [5, 5.41) is 0.709. The van der Waals surface area contributed by atoms with Gasteiger partial charge in [0.2, 0.25) is 0 Å². The van der Waals surface area contributed by atoms with Crippen molar-refractivity contribution < 1.29 is 9.53 Å². The third-order valence-corrected chi connectivity index (χ3v) is 5.60. The maximum absolute atomic E-state index is 12.9. The molecule has 1 atom stereocenters. The highest BCUT2D eigenvalue weighted by Gasteiger charge is 2.23. The first-order valence-corrected chi connectivity index (χ1v) is 9.13. The molecule has 3 rings (SSSR count). The Hall–Kier alpha value is -1.69. The van der Waals surface area contributed by atoms with Gasteiger partial charge in [0.25, 0.3) is 5.56 Å². The van der Waals surface area contributed by atoms with E-state index >= 15 is 0 Å². The molecule has 23 heavy (non-hydrogen) atoms. The molecule has 0 saturated carbocycles. The van der Waals surface area contributed by atoms with Crippen LogP contribution in [0.4, 0.5) is 0 Å². The van der Waals surface area contributed by atoms with Crippen molar-refractivity contribution in [2.45, 2.75) is 58.4 Å². The zero-order valence-electron chi connectivity index (χ0n) is 13.6. The van der Waals surface area contributed by atoms with Crippen LogP contribution in [-0.2, 0) is 22.4 Å². The van der Waals surface area contributed by atoms with Gasteiger partial charge in [-0.05, 0) is 44.6 Å². The Bertz CT molecular complexity index is 778. The standard InChI is InChI=1S/C17H22N2O3S/c1-3-4-9-22-17(21)11(2)19-10-18-15-14(16(19)20)12-7-5-6-8-13(12)23-15/h10-11H,3-9H2,1-2H3/t11-/m0/s1. The van der Waals surface area contributed by atoms with Crippen molar-refractivity contribution >= 4 is 27.5 Å². The summed E-state index contributed by atoms with van der Waals surface area (Å²) in [5.74, 6) is -0.370. The fourth-order valence-corrected chi connectivity index (χ4v) is 4.21. The fourth-order valence-electron chi connectivity index (χ4n) is 2.99. The molecule has 0 radical (unpaired) electrons. The Morgan fingerprint density at radius 3 is 3.00 bits per heavy atom. The molecule has 2 aromatic rings. The zero-order valence-corrected chi connectivity index (χ0v) is 14.4. The van der Waals surface area contributed by atoms with E-state index in [1.807, 2.05) is 6.92 Å². The van der Waals surface area contributed by atoms with Crippen molar-refractivity contribution in [3.05, 3.63) is 27.1 Å². The molecule has 0 amide bonds. The Morgan fingerprint density at radius 1 is 1.43 bits per heavy atom. The molecule has 1 aliphatic rings. The largest absolute Gasteiger partial charge is 0.464 e. The number of nitrogens with zero attached hydrogens (tertiary/aromatic N) is 2. The van der Waals surface area contributed by atoms with Gasteiger partial charge >= 0.3 is 5.97 Å². The highest BCUT2D eigenvalue weighted by atomic mass is 32.1. The molecule has 124 valence electrons. The van der Waals surface area contributed by atoms with Crippen LogP contribution in [0.25, 0.3) is 10.2 Å². The summed E-state index contributed by atoms with van der Waals surface area (Å²) in [7, 11) is 0. The number of unbranched alkanes of at least 4 members (excludes halogenated alkanes) is 1. The van der Waals surface area contributed by atoms with Gasteiger partial charge in [0.05, 0.1) is 18.3 Å². The Labute approximate surface area is 139 Å². The van der Waals surface area contributed by atoms with E-state index in [0.29, 0.717) is 12.0 Å². The minimum Gasteiger partial charge on any atom is -0.464 e. The van der Waals surface area contributed by atoms with Crippen LogP contribution in [0.3, 0.4) is 0 Å². The molecule has 2 aromatic heterocycles. The number of carbonyl (C=O) groups excluding carboxylic acids is 1. The van der Waals surface area contributed by atoms with Gasteiger partial charge in [-0.25, -0.2) is 9.78 Å². The maximum Gasteiger partial charge on any atom is 0.328 e. The fraction of sp³-hybridized carbons (Fsp3) is 0.588. The monoisotopic (exact) mass is 334 g/mol. The molecular formula is C17H22N2O3S. The van der Waals surface area contributed by atoms with Crippen molar-refractivity contribution in [2.24, 2.45) is 0 Å². The average Bonchev–Trinajstić information content (AvgIpc) is 2.94. The van der Waals surface area contributed by atoms with Gasteiger partial charge in [0, 0.05) is 4.88 Å². The molecule has 0 spiro atoms. The van der Waals surface area contributed by atoms with Crippen LogP contribution in [-0.4, -0.2) is 22.1 Å². The Morgan fingerprint density at radius 2 is 2.22 bits per heavy atom. The van der Waals surface area contributed by atoms with E-state index in [1.165, 1.54) is 22.2 Å². The highest BCUT2D eigenvalue weighted by molar-refractivity contribution is 7.18. The van der Waals surface area contributed by atoms with Crippen LogP contribution in [0, 0.1) is 0 Å². The van der Waals surface area contributed by atoms with Gasteiger partial charge in [0.15, 0.2) is 0 Å². The van der Waals surface area contributed by atoms with E-state index in [0.717, 1.165) is 42.5 Å². The van der Waals surface area contributed by atoms with E-state index in [9.17, 15) is 9.59 Å². The first-order chi connectivity index (χ1) is 11.1. The van der Waals surface area contributed by atoms with Crippen LogP contribution in [0.2, 0.25) is 0 Å². The van der Waals surface area contributed by atoms with Gasteiger partial charge in [-0.15, -0.1) is 11.3 Å². The average molecular weight is 334 g/mol. The van der Waals surface area contributed by atoms with Gasteiger partial charge in [-0.3, -0.25) is 9.36 Å². The summed E-state index contributed by atoms with van der Waals surface area (Å²) >= 11 is 1.62. The molecule has 0 aliphatic heterocycles. The number of hydrogen-bond acceptors (Lipinski definition) is 5. The molecular weight excluding hydrogens is 312 g/mol. The highest BCUT2D eigenvalue weighted by Crippen LogP contribution is 2.33. The molecule has 6 heteroatoms. The number of hydrogen-bond donors (Lipinski definition) is 0. The van der Waals surface area contributed by atoms with Crippen molar-refractivity contribution in [1.82, 2.24) is 9.55 Å². The quantitative estimate of drug-likeness (QED) is 0.622. The summed E-state index contributed by atoms with van der Waals surface area (Å²) in [6.45, 7) is 4.14. The summed E-state index contributed by atoms with van der Waals surface area (Å²) < 4.78 is 6.65. The van der Waals surface area contributed by atoms with Gasteiger partial charge in [0.1, 0.15) is 10.9 Å². The number of fused-ring (bicyclic) bond motifs is 3. The number of aromatic nitrogens is 2. The topological polar surface area (TPSA) is 61.2 Å². The number of aryl methyl sites for hydroxylation is 2. The van der Waals surface area contributed by atoms with E-state index in [4.69, 9.17) is 4.74 Å². The lowest BCUT2D eigenvalue weighted by atomic mass is 9.97. The van der Waals surface area contributed by atoms with Crippen molar-refractivity contribution in [3.8, 4) is 0 Å². The lowest BCUT2D eigenvalue weighted by Crippen LogP contribution is -2.30. The lowest BCUT2D eigenvalue weighted by molar-refractivity contribution is -0.147. The van der Waals surface area contributed by atoms with E-state index < -0.39 is 6.04 Å². The number of carbonyl (C=O) groups is 1. The molecule has 5 nitrogen and oxygen atoms in total. The van der Waals surface area contributed by atoms with Crippen LogP contribution < -0.4 is 5.56 Å². The third-order valence-electron chi connectivity index (χ3n) is 4.40. The second-order valence-electron chi connectivity index (χ2n) is 6.05. The molecule has 1 aliphatic carbocycles. The Kier molecular flexibility index (Phi) is 4.80. The smallest absolute Gasteiger partial charge is 0.328 e. The number of thiophene rings is 1. The lowest BCUT2D eigenvalue weighted by Gasteiger charge is -2.14. The van der Waals surface area contributed by atoms with Crippen LogP contribution in [0.5, 0.6) is 0 Å². The van der Waals surface area contributed by atoms with E-state index in [1.54, 1.807) is 18.3 Å². The summed E-state index contributed by atoms with van der Waals surface area (Å²) in [5.41, 5.74) is 1.03. The summed E-state index contributed by atoms with van der Waals surface area (Å²) in [4.78, 5) is 31.5. The summed E-state index contributed by atoms with van der Waals surface area (Å²) in [6.07, 6.45) is 7.54. The molecule has 2 heterocycles. The van der Waals surface area contributed by atoms with Crippen molar-refractivity contribution in [2.75, 3.05) is 6.61 Å². The molecule has 0 bridgehead atoms. The number of esters is 1. The minimum absolute atomic E-state index is 0.116. The number of rotatable bonds is 5. The van der Waals surface area contributed by atoms with Gasteiger partial charge in [-0.1, -0.05) is 13.3 Å². The van der Waals surface area contributed by atoms with E-state index in [2.05, 4.69) is 4.98 Å². The zero-order chi connectivity index (χ0) is 16.4. The molecule has 0 aromatic carbocycles. The van der Waals surface area contributed by atoms with Crippen molar-refractivity contribution in [1.29, 1.82) is 0 Å². The predicted octanol–water partition coefficient (Wildman–Crippen LogP) is 3.24. The van der Waals surface area contributed by atoms with E-state index in [-0.39, 0.29) is 11.5 Å². The maximum atomic E-state index is 12.9. The normalized spacial score (nSPS) is 15.4. The molecule has 0 saturated heterocycles. The molecule has 0 unspecified atom stereocenters.